The standard InChI is InChI=1S/C20H36O7P2/c1-15(11-14-26-29(24,25)27-28(21,22)23)7-9-17-16(2)8-10-18-19(3,4)12-6-13-20(17,18)5/h11,17-18H,2,6-10,12-14H2,1,3-5H3,(H,24,25)(H2,21,22,23)/b15-11+/t17-,18+,20-/m1/s1. The number of allylic oxidation sites excluding steroid dienone is 2. The zero-order valence-corrected chi connectivity index (χ0v) is 19.8. The van der Waals surface area contributed by atoms with Crippen LogP contribution in [0.1, 0.15) is 72.6 Å². The highest BCUT2D eigenvalue weighted by atomic mass is 31.3. The average Bonchev–Trinajstić information content (AvgIpc) is 2.50. The van der Waals surface area contributed by atoms with Crippen molar-refractivity contribution in [1.82, 2.24) is 0 Å². The van der Waals surface area contributed by atoms with Gasteiger partial charge in [0.2, 0.25) is 0 Å². The molecule has 0 spiro atoms. The second kappa shape index (κ2) is 9.08. The summed E-state index contributed by atoms with van der Waals surface area (Å²) in [5, 5.41) is 0. The summed E-state index contributed by atoms with van der Waals surface area (Å²) in [6, 6.07) is 0. The van der Waals surface area contributed by atoms with Crippen molar-refractivity contribution in [3.8, 4) is 0 Å². The van der Waals surface area contributed by atoms with Crippen LogP contribution in [0.3, 0.4) is 0 Å². The predicted octanol–water partition coefficient (Wildman–Crippen LogP) is 5.74. The summed E-state index contributed by atoms with van der Waals surface area (Å²) in [6.45, 7) is 13.3. The lowest BCUT2D eigenvalue weighted by molar-refractivity contribution is -0.0539. The lowest BCUT2D eigenvalue weighted by atomic mass is 9.47. The summed E-state index contributed by atoms with van der Waals surface area (Å²) in [5.74, 6) is 1.14. The lowest BCUT2D eigenvalue weighted by Crippen LogP contribution is -2.49. The smallest absolute Gasteiger partial charge is 0.302 e. The number of hydrogen-bond acceptors (Lipinski definition) is 4. The molecule has 0 aromatic carbocycles. The van der Waals surface area contributed by atoms with E-state index >= 15 is 0 Å². The Balaban J connectivity index is 1.97. The fourth-order valence-corrected chi connectivity index (χ4v) is 7.24. The quantitative estimate of drug-likeness (QED) is 0.319. The minimum absolute atomic E-state index is 0.252. The molecule has 168 valence electrons. The van der Waals surface area contributed by atoms with Crippen molar-refractivity contribution in [1.29, 1.82) is 0 Å². The van der Waals surface area contributed by atoms with Crippen molar-refractivity contribution >= 4 is 15.6 Å². The minimum atomic E-state index is -5.09. The first-order valence-corrected chi connectivity index (χ1v) is 13.3. The van der Waals surface area contributed by atoms with Gasteiger partial charge in [0.1, 0.15) is 0 Å². The van der Waals surface area contributed by atoms with Gasteiger partial charge < -0.3 is 14.7 Å². The molecule has 0 aromatic heterocycles. The maximum atomic E-state index is 11.5. The summed E-state index contributed by atoms with van der Waals surface area (Å²) in [4.78, 5) is 26.6. The van der Waals surface area contributed by atoms with E-state index in [1.807, 2.05) is 6.92 Å². The molecule has 2 aliphatic carbocycles. The summed E-state index contributed by atoms with van der Waals surface area (Å²) < 4.78 is 30.6. The predicted molar refractivity (Wildman–Crippen MR) is 113 cm³/mol. The Morgan fingerprint density at radius 1 is 1.24 bits per heavy atom. The van der Waals surface area contributed by atoms with Crippen molar-refractivity contribution in [3.05, 3.63) is 23.8 Å². The van der Waals surface area contributed by atoms with E-state index < -0.39 is 15.6 Å². The topological polar surface area (TPSA) is 113 Å². The molecule has 0 amide bonds. The third kappa shape index (κ3) is 6.61. The largest absolute Gasteiger partial charge is 0.481 e. The van der Waals surface area contributed by atoms with Crippen molar-refractivity contribution in [2.24, 2.45) is 22.7 Å². The molecule has 3 N–H and O–H groups in total. The van der Waals surface area contributed by atoms with E-state index in [1.165, 1.54) is 31.3 Å². The Kier molecular flexibility index (Phi) is 7.83. The van der Waals surface area contributed by atoms with E-state index in [4.69, 9.17) is 9.79 Å². The highest BCUT2D eigenvalue weighted by molar-refractivity contribution is 7.60. The highest BCUT2D eigenvalue weighted by Gasteiger charge is 2.52. The van der Waals surface area contributed by atoms with Crippen LogP contribution < -0.4 is 0 Å². The van der Waals surface area contributed by atoms with Crippen LogP contribution in [0.25, 0.3) is 0 Å². The Bertz CT molecular complexity index is 739. The summed E-state index contributed by atoms with van der Waals surface area (Å²) >= 11 is 0. The third-order valence-electron chi connectivity index (χ3n) is 7.03. The fraction of sp³-hybridized carbons (Fsp3) is 0.800. The zero-order chi connectivity index (χ0) is 22.1. The summed E-state index contributed by atoms with van der Waals surface area (Å²) in [7, 11) is -9.88. The number of fused-ring (bicyclic) bond motifs is 1. The Morgan fingerprint density at radius 3 is 2.52 bits per heavy atom. The monoisotopic (exact) mass is 450 g/mol. The van der Waals surface area contributed by atoms with Crippen molar-refractivity contribution < 1.29 is 32.6 Å². The molecule has 0 saturated heterocycles. The fourth-order valence-electron chi connectivity index (χ4n) is 5.71. The van der Waals surface area contributed by atoms with Gasteiger partial charge in [-0.2, -0.15) is 4.31 Å². The summed E-state index contributed by atoms with van der Waals surface area (Å²) in [5.41, 5.74) is 2.94. The third-order valence-corrected chi connectivity index (χ3v) is 9.18. The SMILES string of the molecule is C=C1CC[C@H]2C(C)(C)CCC[C@]2(C)[C@@H]1CC/C(C)=C/COP(=O)(O)OP(=O)(O)O. The molecule has 2 rings (SSSR count). The molecule has 0 radical (unpaired) electrons. The molecule has 2 fully saturated rings. The van der Waals surface area contributed by atoms with Gasteiger partial charge in [-0.3, -0.25) is 4.52 Å². The van der Waals surface area contributed by atoms with Gasteiger partial charge in [0.25, 0.3) is 0 Å². The van der Waals surface area contributed by atoms with Crippen LogP contribution in [0.4, 0.5) is 0 Å². The van der Waals surface area contributed by atoms with Crippen LogP contribution >= 0.6 is 15.6 Å². The Morgan fingerprint density at radius 2 is 1.90 bits per heavy atom. The molecule has 2 saturated carbocycles. The van der Waals surface area contributed by atoms with Crippen LogP contribution in [-0.2, 0) is 18.0 Å². The maximum Gasteiger partial charge on any atom is 0.481 e. The second-order valence-corrected chi connectivity index (χ2v) is 12.4. The second-order valence-electron chi connectivity index (χ2n) is 9.58. The van der Waals surface area contributed by atoms with E-state index in [9.17, 15) is 14.0 Å². The highest BCUT2D eigenvalue weighted by Crippen LogP contribution is 2.62. The van der Waals surface area contributed by atoms with Gasteiger partial charge in [0.05, 0.1) is 6.61 Å². The molecule has 29 heavy (non-hydrogen) atoms. The van der Waals surface area contributed by atoms with Crippen LogP contribution in [-0.4, -0.2) is 21.3 Å². The number of phosphoric acid groups is 2. The molecule has 2 aliphatic rings. The van der Waals surface area contributed by atoms with Gasteiger partial charge in [-0.15, -0.1) is 0 Å². The van der Waals surface area contributed by atoms with E-state index in [2.05, 4.69) is 36.2 Å². The van der Waals surface area contributed by atoms with Gasteiger partial charge in [-0.25, -0.2) is 9.13 Å². The van der Waals surface area contributed by atoms with Gasteiger partial charge in [-0.05, 0) is 68.1 Å². The first-order chi connectivity index (χ1) is 13.2. The first-order valence-electron chi connectivity index (χ1n) is 10.2. The molecule has 4 atom stereocenters. The number of phosphoric ester groups is 1. The van der Waals surface area contributed by atoms with E-state index in [-0.39, 0.29) is 12.0 Å². The minimum Gasteiger partial charge on any atom is -0.302 e. The molecule has 7 nitrogen and oxygen atoms in total. The molecular weight excluding hydrogens is 414 g/mol. The molecule has 0 bridgehead atoms. The normalized spacial score (nSPS) is 32.5. The van der Waals surface area contributed by atoms with Crippen LogP contribution in [0.5, 0.6) is 0 Å². The molecule has 0 aromatic rings. The zero-order valence-electron chi connectivity index (χ0n) is 18.0. The van der Waals surface area contributed by atoms with Gasteiger partial charge >= 0.3 is 15.6 Å². The van der Waals surface area contributed by atoms with Crippen LogP contribution in [0.15, 0.2) is 23.8 Å². The van der Waals surface area contributed by atoms with Gasteiger partial charge in [0.15, 0.2) is 0 Å². The number of hydrogen-bond donors (Lipinski definition) is 3. The molecule has 1 unspecified atom stereocenters. The van der Waals surface area contributed by atoms with Crippen molar-refractivity contribution in [2.45, 2.75) is 72.6 Å². The van der Waals surface area contributed by atoms with E-state index in [0.29, 0.717) is 17.3 Å². The average molecular weight is 450 g/mol. The molecule has 0 aliphatic heterocycles. The Hall–Kier alpha value is -0.260. The molecule has 0 heterocycles. The summed E-state index contributed by atoms with van der Waals surface area (Å²) in [6.07, 6.45) is 9.48. The molecular formula is C20H36O7P2. The van der Waals surface area contributed by atoms with Gasteiger partial charge in [-0.1, -0.05) is 51.0 Å². The van der Waals surface area contributed by atoms with Crippen LogP contribution in [0, 0.1) is 22.7 Å². The maximum absolute atomic E-state index is 11.5. The lowest BCUT2D eigenvalue weighted by Gasteiger charge is -2.58. The van der Waals surface area contributed by atoms with E-state index in [1.54, 1.807) is 6.08 Å². The van der Waals surface area contributed by atoms with Crippen LogP contribution in [0.2, 0.25) is 0 Å². The first kappa shape index (κ1) is 25.0. The van der Waals surface area contributed by atoms with Gasteiger partial charge in [0, 0.05) is 0 Å². The van der Waals surface area contributed by atoms with E-state index in [0.717, 1.165) is 24.8 Å². The molecule has 9 heteroatoms. The number of rotatable bonds is 8. The Labute approximate surface area is 174 Å². The van der Waals surface area contributed by atoms with Crippen molar-refractivity contribution in [3.63, 3.8) is 0 Å². The van der Waals surface area contributed by atoms with Crippen molar-refractivity contribution in [2.75, 3.05) is 6.61 Å².